The molecule has 0 unspecified atom stereocenters. The highest BCUT2D eigenvalue weighted by Crippen LogP contribution is 2.56. The van der Waals surface area contributed by atoms with Gasteiger partial charge in [0.1, 0.15) is 0 Å². The van der Waals surface area contributed by atoms with Crippen LogP contribution >= 0.6 is 0 Å². The highest BCUT2D eigenvalue weighted by atomic mass is 19.4. The number of carbonyl (C=O) groups excluding carboxylic acids is 1. The van der Waals surface area contributed by atoms with E-state index in [0.29, 0.717) is 35.4 Å². The standard InChI is InChI=1S/C38H36F10N2O/c1-32(2,3)36(41,42)28-13-9-24(10-14-28)23-7-11-27(12-8-23)35(39,40)31(51)49-29-19-15-25(16-20-29)34(37(43,44)45,38(46,47)48)26-17-21-30(22-18-26)50-33(4,5)6/h7-22,50H,1-6H3,(H,49,51). The van der Waals surface area contributed by atoms with E-state index < -0.39 is 68.9 Å². The zero-order valence-electron chi connectivity index (χ0n) is 28.4. The first-order valence-corrected chi connectivity index (χ1v) is 15.6. The quantitative estimate of drug-likeness (QED) is 0.178. The highest BCUT2D eigenvalue weighted by molar-refractivity contribution is 5.96. The Morgan fingerprint density at radius 3 is 1.18 bits per heavy atom. The van der Waals surface area contributed by atoms with Crippen LogP contribution in [0.4, 0.5) is 55.3 Å². The van der Waals surface area contributed by atoms with Gasteiger partial charge < -0.3 is 10.6 Å². The number of benzene rings is 4. The Kier molecular flexibility index (Phi) is 10.2. The van der Waals surface area contributed by atoms with Crippen molar-refractivity contribution in [2.24, 2.45) is 5.41 Å². The summed E-state index contributed by atoms with van der Waals surface area (Å²) < 4.78 is 147. The number of hydrogen-bond acceptors (Lipinski definition) is 2. The predicted octanol–water partition coefficient (Wildman–Crippen LogP) is 11.8. The SMILES string of the molecule is CC(C)(C)Nc1ccc(C(c2ccc(NC(=O)C(F)(F)c3ccc(-c4ccc(C(F)(F)C(C)(C)C)cc4)cc3)cc2)(C(F)(F)F)C(F)(F)F)cc1. The van der Waals surface area contributed by atoms with E-state index in [1.165, 1.54) is 57.2 Å². The fraction of sp³-hybridized carbons (Fsp3) is 0.342. The number of nitrogens with one attached hydrogen (secondary N) is 2. The van der Waals surface area contributed by atoms with Gasteiger partial charge in [0.25, 0.3) is 11.8 Å². The molecule has 1 amide bonds. The third-order valence-electron chi connectivity index (χ3n) is 8.32. The van der Waals surface area contributed by atoms with E-state index >= 15 is 8.78 Å². The van der Waals surface area contributed by atoms with Crippen molar-refractivity contribution < 1.29 is 48.7 Å². The summed E-state index contributed by atoms with van der Waals surface area (Å²) in [5, 5.41) is 4.81. The van der Waals surface area contributed by atoms with E-state index in [9.17, 15) is 39.9 Å². The number of anilines is 2. The Bertz CT molecular complexity index is 1800. The Hall–Kier alpha value is -4.55. The molecule has 0 aromatic heterocycles. The molecular formula is C38H36F10N2O. The fourth-order valence-electron chi connectivity index (χ4n) is 5.54. The summed E-state index contributed by atoms with van der Waals surface area (Å²) in [6.07, 6.45) is -11.8. The van der Waals surface area contributed by atoms with Gasteiger partial charge in [-0.3, -0.25) is 4.79 Å². The van der Waals surface area contributed by atoms with E-state index in [1.54, 1.807) is 20.8 Å². The molecule has 0 aliphatic rings. The Balaban J connectivity index is 1.58. The number of halogens is 10. The third-order valence-corrected chi connectivity index (χ3v) is 8.32. The molecule has 0 heterocycles. The Labute approximate surface area is 289 Å². The average molecular weight is 727 g/mol. The first-order chi connectivity index (χ1) is 23.2. The molecule has 13 heteroatoms. The third kappa shape index (κ3) is 7.72. The lowest BCUT2D eigenvalue weighted by atomic mass is 9.73. The molecule has 0 aliphatic heterocycles. The minimum Gasteiger partial charge on any atom is -0.380 e. The smallest absolute Gasteiger partial charge is 0.380 e. The van der Waals surface area contributed by atoms with Crippen LogP contribution in [0.15, 0.2) is 97.1 Å². The van der Waals surface area contributed by atoms with Gasteiger partial charge in [-0.1, -0.05) is 93.6 Å². The molecule has 4 aromatic carbocycles. The predicted molar refractivity (Wildman–Crippen MR) is 177 cm³/mol. The summed E-state index contributed by atoms with van der Waals surface area (Å²) in [4.78, 5) is 12.7. The van der Waals surface area contributed by atoms with Gasteiger partial charge in [0.2, 0.25) is 5.41 Å². The van der Waals surface area contributed by atoms with E-state index in [1.807, 2.05) is 5.32 Å². The van der Waals surface area contributed by atoms with Crippen LogP contribution < -0.4 is 10.6 Å². The van der Waals surface area contributed by atoms with E-state index in [0.717, 1.165) is 36.4 Å². The van der Waals surface area contributed by atoms with Gasteiger partial charge >= 0.3 is 18.3 Å². The van der Waals surface area contributed by atoms with Crippen molar-refractivity contribution in [1.29, 1.82) is 0 Å². The van der Waals surface area contributed by atoms with E-state index in [2.05, 4.69) is 5.32 Å². The van der Waals surface area contributed by atoms with Crippen LogP contribution in [0.5, 0.6) is 0 Å². The minimum atomic E-state index is -5.88. The molecule has 0 bridgehead atoms. The summed E-state index contributed by atoms with van der Waals surface area (Å²) in [6.45, 7) is 9.45. The molecule has 0 fully saturated rings. The topological polar surface area (TPSA) is 41.1 Å². The van der Waals surface area contributed by atoms with Crippen molar-refractivity contribution in [2.45, 2.75) is 76.7 Å². The molecule has 0 aliphatic carbocycles. The lowest BCUT2D eigenvalue weighted by Crippen LogP contribution is -2.54. The summed E-state index contributed by atoms with van der Waals surface area (Å²) in [5.74, 6) is -9.21. The van der Waals surface area contributed by atoms with Crippen LogP contribution in [0.2, 0.25) is 0 Å². The van der Waals surface area contributed by atoms with Crippen molar-refractivity contribution in [3.8, 4) is 11.1 Å². The molecule has 0 saturated carbocycles. The van der Waals surface area contributed by atoms with Crippen molar-refractivity contribution in [3.05, 3.63) is 119 Å². The second kappa shape index (κ2) is 13.2. The molecule has 274 valence electrons. The molecule has 4 aromatic rings. The maximum absolute atomic E-state index is 15.2. The van der Waals surface area contributed by atoms with E-state index in [4.69, 9.17) is 0 Å². The molecule has 0 atom stereocenters. The van der Waals surface area contributed by atoms with Crippen molar-refractivity contribution in [1.82, 2.24) is 0 Å². The fourth-order valence-corrected chi connectivity index (χ4v) is 5.54. The number of carbonyl (C=O) groups is 1. The van der Waals surface area contributed by atoms with Crippen molar-refractivity contribution in [3.63, 3.8) is 0 Å². The van der Waals surface area contributed by atoms with Crippen LogP contribution in [0.3, 0.4) is 0 Å². The first-order valence-electron chi connectivity index (χ1n) is 15.6. The Morgan fingerprint density at radius 1 is 0.471 bits per heavy atom. The lowest BCUT2D eigenvalue weighted by molar-refractivity contribution is -0.288. The van der Waals surface area contributed by atoms with Gasteiger partial charge in [0, 0.05) is 33.5 Å². The number of amides is 1. The average Bonchev–Trinajstić information content (AvgIpc) is 3.00. The van der Waals surface area contributed by atoms with Crippen molar-refractivity contribution in [2.75, 3.05) is 10.6 Å². The van der Waals surface area contributed by atoms with Crippen LogP contribution in [-0.2, 0) is 22.1 Å². The number of alkyl halides is 10. The van der Waals surface area contributed by atoms with Crippen LogP contribution in [0, 0.1) is 5.41 Å². The normalized spacial score (nSPS) is 13.6. The van der Waals surface area contributed by atoms with E-state index in [-0.39, 0.29) is 11.3 Å². The molecule has 0 saturated heterocycles. The van der Waals surface area contributed by atoms with Gasteiger partial charge in [-0.15, -0.1) is 0 Å². The summed E-state index contributed by atoms with van der Waals surface area (Å²) in [5.41, 5.74) is -9.08. The van der Waals surface area contributed by atoms with Gasteiger partial charge in [-0.25, -0.2) is 8.78 Å². The van der Waals surface area contributed by atoms with Crippen LogP contribution in [0.25, 0.3) is 11.1 Å². The second-order valence-electron chi connectivity index (χ2n) is 14.3. The minimum absolute atomic E-state index is 0.225. The second-order valence-corrected chi connectivity index (χ2v) is 14.3. The van der Waals surface area contributed by atoms with Gasteiger partial charge in [-0.05, 0) is 67.3 Å². The molecular weight excluding hydrogens is 690 g/mol. The molecule has 2 N–H and O–H groups in total. The Morgan fingerprint density at radius 2 is 0.824 bits per heavy atom. The lowest BCUT2D eigenvalue weighted by Gasteiger charge is -2.38. The van der Waals surface area contributed by atoms with Gasteiger partial charge in [0.15, 0.2) is 0 Å². The summed E-state index contributed by atoms with van der Waals surface area (Å²) >= 11 is 0. The number of rotatable bonds is 8. The zero-order chi connectivity index (χ0) is 38.4. The van der Waals surface area contributed by atoms with Crippen molar-refractivity contribution >= 4 is 17.3 Å². The zero-order valence-corrected chi connectivity index (χ0v) is 28.4. The molecule has 0 radical (unpaired) electrons. The summed E-state index contributed by atoms with van der Waals surface area (Å²) in [7, 11) is 0. The highest BCUT2D eigenvalue weighted by Gasteiger charge is 2.72. The van der Waals surface area contributed by atoms with Gasteiger partial charge in [0.05, 0.1) is 0 Å². The largest absolute Gasteiger partial charge is 0.411 e. The number of hydrogen-bond donors (Lipinski definition) is 2. The van der Waals surface area contributed by atoms with Crippen LogP contribution in [0.1, 0.15) is 63.8 Å². The molecule has 51 heavy (non-hydrogen) atoms. The molecule has 4 rings (SSSR count). The van der Waals surface area contributed by atoms with Gasteiger partial charge in [-0.2, -0.15) is 35.1 Å². The monoisotopic (exact) mass is 726 g/mol. The van der Waals surface area contributed by atoms with Crippen LogP contribution in [-0.4, -0.2) is 23.8 Å². The molecule has 0 spiro atoms. The first kappa shape index (κ1) is 39.2. The maximum Gasteiger partial charge on any atom is 0.411 e. The maximum atomic E-state index is 15.2. The molecule has 3 nitrogen and oxygen atoms in total. The summed E-state index contributed by atoms with van der Waals surface area (Å²) in [6, 6.07) is 15.6.